The molecule has 2 amide bonds. The van der Waals surface area contributed by atoms with Crippen LogP contribution in [0, 0.1) is 5.92 Å². The molecule has 2 heterocycles. The summed E-state index contributed by atoms with van der Waals surface area (Å²) in [7, 11) is 0. The zero-order valence-electron chi connectivity index (χ0n) is 14.2. The molecule has 1 aromatic carbocycles. The number of amides is 2. The van der Waals surface area contributed by atoms with Gasteiger partial charge in [0.25, 0.3) is 0 Å². The first kappa shape index (κ1) is 17.3. The average Bonchev–Trinajstić information content (AvgIpc) is 3.19. The lowest BCUT2D eigenvalue weighted by molar-refractivity contribution is 0.203. The van der Waals surface area contributed by atoms with Gasteiger partial charge in [-0.1, -0.05) is 12.1 Å². The summed E-state index contributed by atoms with van der Waals surface area (Å²) in [6, 6.07) is 9.90. The van der Waals surface area contributed by atoms with Crippen LogP contribution in [0.1, 0.15) is 24.1 Å². The first-order chi connectivity index (χ1) is 12.2. The quantitative estimate of drug-likeness (QED) is 0.641. The molecule has 0 bridgehead atoms. The molecule has 7 heteroatoms. The molecule has 1 saturated heterocycles. The lowest BCUT2D eigenvalue weighted by Gasteiger charge is -2.33. The third-order valence-electron chi connectivity index (χ3n) is 4.63. The van der Waals surface area contributed by atoms with Gasteiger partial charge in [-0.15, -0.1) is 0 Å². The minimum absolute atomic E-state index is 0.204. The molecule has 0 atom stereocenters. The van der Waals surface area contributed by atoms with E-state index < -0.39 is 0 Å². The van der Waals surface area contributed by atoms with Crippen molar-refractivity contribution in [2.45, 2.75) is 25.9 Å². The van der Waals surface area contributed by atoms with Crippen LogP contribution in [0.4, 0.5) is 10.5 Å². The summed E-state index contributed by atoms with van der Waals surface area (Å²) in [6.45, 7) is 3.18. The van der Waals surface area contributed by atoms with E-state index in [0.29, 0.717) is 25.6 Å². The highest BCUT2D eigenvalue weighted by Crippen LogP contribution is 2.23. The highest BCUT2D eigenvalue weighted by molar-refractivity contribution is 5.73. The molecule has 134 valence electrons. The number of H-pyrrole nitrogens is 1. The molecule has 1 aliphatic rings. The summed E-state index contributed by atoms with van der Waals surface area (Å²) in [4.78, 5) is 14.1. The first-order valence-electron chi connectivity index (χ1n) is 8.69. The molecule has 25 heavy (non-hydrogen) atoms. The van der Waals surface area contributed by atoms with Gasteiger partial charge in [0, 0.05) is 38.1 Å². The molecule has 0 saturated carbocycles. The van der Waals surface area contributed by atoms with Crippen molar-refractivity contribution < 1.29 is 9.90 Å². The van der Waals surface area contributed by atoms with Gasteiger partial charge in [-0.05, 0) is 42.5 Å². The summed E-state index contributed by atoms with van der Waals surface area (Å²) in [6.07, 6.45) is 3.73. The summed E-state index contributed by atoms with van der Waals surface area (Å²) >= 11 is 0. The predicted molar refractivity (Wildman–Crippen MR) is 96.1 cm³/mol. The zero-order valence-corrected chi connectivity index (χ0v) is 14.2. The number of benzene rings is 1. The van der Waals surface area contributed by atoms with Gasteiger partial charge in [0.1, 0.15) is 0 Å². The van der Waals surface area contributed by atoms with E-state index in [0.717, 1.165) is 37.2 Å². The minimum atomic E-state index is -0.204. The molecule has 7 nitrogen and oxygen atoms in total. The van der Waals surface area contributed by atoms with Gasteiger partial charge in [-0.2, -0.15) is 5.10 Å². The predicted octanol–water partition coefficient (Wildman–Crippen LogP) is 1.62. The number of aromatic amines is 1. The SMILES string of the molecule is O=C(NCc1ccc(N2CCC(CO)CC2)cc1)NCc1ccn[nH]1. The Kier molecular flexibility index (Phi) is 5.90. The number of piperidine rings is 1. The summed E-state index contributed by atoms with van der Waals surface area (Å²) in [5.74, 6) is 0.444. The summed E-state index contributed by atoms with van der Waals surface area (Å²) in [5.41, 5.74) is 3.12. The molecule has 1 aliphatic heterocycles. The third kappa shape index (κ3) is 4.96. The molecule has 1 fully saturated rings. The maximum Gasteiger partial charge on any atom is 0.315 e. The van der Waals surface area contributed by atoms with Crippen molar-refractivity contribution >= 4 is 11.7 Å². The molecule has 0 aliphatic carbocycles. The maximum atomic E-state index is 11.8. The van der Waals surface area contributed by atoms with Crippen LogP contribution >= 0.6 is 0 Å². The lowest BCUT2D eigenvalue weighted by Crippen LogP contribution is -2.35. The number of nitrogens with zero attached hydrogens (tertiary/aromatic N) is 2. The van der Waals surface area contributed by atoms with Crippen LogP contribution in [-0.2, 0) is 13.1 Å². The molecule has 1 aromatic heterocycles. The van der Waals surface area contributed by atoms with Crippen molar-refractivity contribution in [3.63, 3.8) is 0 Å². The van der Waals surface area contributed by atoms with Crippen LogP contribution in [0.5, 0.6) is 0 Å². The highest BCUT2D eigenvalue weighted by atomic mass is 16.3. The molecule has 0 unspecified atom stereocenters. The van der Waals surface area contributed by atoms with Crippen molar-refractivity contribution in [1.29, 1.82) is 0 Å². The number of aliphatic hydroxyl groups is 1. The fraction of sp³-hybridized carbons (Fsp3) is 0.444. The van der Waals surface area contributed by atoms with E-state index in [1.165, 1.54) is 5.69 Å². The van der Waals surface area contributed by atoms with E-state index >= 15 is 0 Å². The van der Waals surface area contributed by atoms with E-state index in [1.807, 2.05) is 18.2 Å². The van der Waals surface area contributed by atoms with E-state index in [2.05, 4.69) is 37.9 Å². The Morgan fingerprint density at radius 3 is 2.52 bits per heavy atom. The number of hydrogen-bond acceptors (Lipinski definition) is 4. The number of carbonyl (C=O) groups excluding carboxylic acids is 1. The molecular formula is C18H25N5O2. The van der Waals surface area contributed by atoms with Gasteiger partial charge in [-0.3, -0.25) is 5.10 Å². The summed E-state index contributed by atoms with van der Waals surface area (Å²) in [5, 5.41) is 21.5. The molecular weight excluding hydrogens is 318 g/mol. The first-order valence-corrected chi connectivity index (χ1v) is 8.69. The Morgan fingerprint density at radius 1 is 1.16 bits per heavy atom. The number of hydrogen-bond donors (Lipinski definition) is 4. The second kappa shape index (κ2) is 8.53. The molecule has 0 spiro atoms. The van der Waals surface area contributed by atoms with E-state index in [1.54, 1.807) is 6.20 Å². The maximum absolute atomic E-state index is 11.8. The van der Waals surface area contributed by atoms with E-state index in [-0.39, 0.29) is 6.03 Å². The van der Waals surface area contributed by atoms with Gasteiger partial charge in [0.15, 0.2) is 0 Å². The molecule has 4 N–H and O–H groups in total. The second-order valence-electron chi connectivity index (χ2n) is 6.40. The highest BCUT2D eigenvalue weighted by Gasteiger charge is 2.18. The van der Waals surface area contributed by atoms with Gasteiger partial charge in [-0.25, -0.2) is 4.79 Å². The number of carbonyl (C=O) groups is 1. The average molecular weight is 343 g/mol. The standard InChI is InChI=1S/C18H25N5O2/c24-13-15-6-9-23(10-7-15)17-3-1-14(2-4-17)11-19-18(25)20-12-16-5-8-21-22-16/h1-5,8,15,24H,6-7,9-13H2,(H,21,22)(H2,19,20,25). The van der Waals surface area contributed by atoms with Crippen LogP contribution < -0.4 is 15.5 Å². The van der Waals surface area contributed by atoms with Crippen molar-refractivity contribution in [2.24, 2.45) is 5.92 Å². The number of nitrogens with one attached hydrogen (secondary N) is 3. The van der Waals surface area contributed by atoms with Gasteiger partial charge < -0.3 is 20.6 Å². The van der Waals surface area contributed by atoms with Crippen LogP contribution in [-0.4, -0.2) is 41.0 Å². The Balaban J connectivity index is 1.42. The Morgan fingerprint density at radius 2 is 1.88 bits per heavy atom. The number of aromatic nitrogens is 2. The van der Waals surface area contributed by atoms with Crippen molar-refractivity contribution in [1.82, 2.24) is 20.8 Å². The van der Waals surface area contributed by atoms with Gasteiger partial charge in [0.05, 0.1) is 12.2 Å². The largest absolute Gasteiger partial charge is 0.396 e. The van der Waals surface area contributed by atoms with Crippen molar-refractivity contribution in [3.05, 3.63) is 47.8 Å². The lowest BCUT2D eigenvalue weighted by atomic mass is 9.97. The Hall–Kier alpha value is -2.54. The van der Waals surface area contributed by atoms with E-state index in [4.69, 9.17) is 0 Å². The topological polar surface area (TPSA) is 93.3 Å². The Labute approximate surface area is 147 Å². The molecule has 0 radical (unpaired) electrons. The fourth-order valence-electron chi connectivity index (χ4n) is 3.00. The van der Waals surface area contributed by atoms with Gasteiger partial charge in [0.2, 0.25) is 0 Å². The number of rotatable bonds is 6. The number of aliphatic hydroxyl groups excluding tert-OH is 1. The smallest absolute Gasteiger partial charge is 0.315 e. The Bertz CT molecular complexity index is 649. The van der Waals surface area contributed by atoms with E-state index in [9.17, 15) is 9.90 Å². The number of anilines is 1. The van der Waals surface area contributed by atoms with Crippen LogP contribution in [0.25, 0.3) is 0 Å². The van der Waals surface area contributed by atoms with Gasteiger partial charge >= 0.3 is 6.03 Å². The van der Waals surface area contributed by atoms with Crippen LogP contribution in [0.2, 0.25) is 0 Å². The number of urea groups is 1. The second-order valence-corrected chi connectivity index (χ2v) is 6.40. The van der Waals surface area contributed by atoms with Crippen LogP contribution in [0.3, 0.4) is 0 Å². The zero-order chi connectivity index (χ0) is 17.5. The molecule has 2 aromatic rings. The van der Waals surface area contributed by atoms with Crippen molar-refractivity contribution in [2.75, 3.05) is 24.6 Å². The third-order valence-corrected chi connectivity index (χ3v) is 4.63. The van der Waals surface area contributed by atoms with Crippen molar-refractivity contribution in [3.8, 4) is 0 Å². The van der Waals surface area contributed by atoms with Crippen LogP contribution in [0.15, 0.2) is 36.5 Å². The monoisotopic (exact) mass is 343 g/mol. The fourth-order valence-corrected chi connectivity index (χ4v) is 3.00. The molecule has 3 rings (SSSR count). The summed E-state index contributed by atoms with van der Waals surface area (Å²) < 4.78 is 0. The minimum Gasteiger partial charge on any atom is -0.396 e. The normalized spacial score (nSPS) is 15.2.